The Morgan fingerprint density at radius 2 is 2.35 bits per heavy atom. The molecule has 1 unspecified atom stereocenters. The SMILES string of the molecule is C=C(C)CN1CCCC1c1cccc(OC)c1. The van der Waals surface area contributed by atoms with Crippen molar-refractivity contribution in [2.24, 2.45) is 0 Å². The van der Waals surface area contributed by atoms with Crippen LogP contribution in [0.4, 0.5) is 0 Å². The van der Waals surface area contributed by atoms with Crippen molar-refractivity contribution in [1.82, 2.24) is 4.90 Å². The number of likely N-dealkylation sites (tertiary alicyclic amines) is 1. The van der Waals surface area contributed by atoms with Crippen LogP contribution in [0.3, 0.4) is 0 Å². The van der Waals surface area contributed by atoms with E-state index in [1.807, 2.05) is 6.07 Å². The maximum atomic E-state index is 5.29. The lowest BCUT2D eigenvalue weighted by Crippen LogP contribution is -2.24. The fourth-order valence-corrected chi connectivity index (χ4v) is 2.59. The van der Waals surface area contributed by atoms with Crippen LogP contribution in [0.25, 0.3) is 0 Å². The van der Waals surface area contributed by atoms with Crippen molar-refractivity contribution in [3.8, 4) is 5.75 Å². The van der Waals surface area contributed by atoms with Crippen molar-refractivity contribution in [3.05, 3.63) is 42.0 Å². The number of nitrogens with zero attached hydrogens (tertiary/aromatic N) is 1. The number of hydrogen-bond acceptors (Lipinski definition) is 2. The smallest absolute Gasteiger partial charge is 0.119 e. The Hall–Kier alpha value is -1.28. The number of rotatable bonds is 4. The topological polar surface area (TPSA) is 12.5 Å². The number of ether oxygens (including phenoxy) is 1. The van der Waals surface area contributed by atoms with Crippen LogP contribution in [0.5, 0.6) is 5.75 Å². The Morgan fingerprint density at radius 1 is 1.53 bits per heavy atom. The fraction of sp³-hybridized carbons (Fsp3) is 0.467. The van der Waals surface area contributed by atoms with Crippen molar-refractivity contribution in [1.29, 1.82) is 0 Å². The molecule has 1 aromatic rings. The molecule has 0 saturated carbocycles. The molecule has 17 heavy (non-hydrogen) atoms. The lowest BCUT2D eigenvalue weighted by molar-refractivity contribution is 0.279. The summed E-state index contributed by atoms with van der Waals surface area (Å²) in [5.41, 5.74) is 2.60. The summed E-state index contributed by atoms with van der Waals surface area (Å²) in [6.07, 6.45) is 2.51. The summed E-state index contributed by atoms with van der Waals surface area (Å²) in [7, 11) is 1.72. The molecule has 0 radical (unpaired) electrons. The van der Waals surface area contributed by atoms with E-state index in [2.05, 4.69) is 36.6 Å². The highest BCUT2D eigenvalue weighted by Gasteiger charge is 2.25. The molecule has 1 aliphatic rings. The summed E-state index contributed by atoms with van der Waals surface area (Å²) in [6, 6.07) is 8.96. The van der Waals surface area contributed by atoms with Crippen molar-refractivity contribution >= 4 is 0 Å². The molecule has 2 heteroatoms. The minimum Gasteiger partial charge on any atom is -0.497 e. The van der Waals surface area contributed by atoms with Gasteiger partial charge in [0.2, 0.25) is 0 Å². The summed E-state index contributed by atoms with van der Waals surface area (Å²) in [5.74, 6) is 0.949. The van der Waals surface area contributed by atoms with Gasteiger partial charge >= 0.3 is 0 Å². The molecular weight excluding hydrogens is 210 g/mol. The van der Waals surface area contributed by atoms with E-state index in [9.17, 15) is 0 Å². The first-order valence-electron chi connectivity index (χ1n) is 6.23. The molecule has 92 valence electrons. The second-order valence-electron chi connectivity index (χ2n) is 4.86. The zero-order valence-corrected chi connectivity index (χ0v) is 10.8. The van der Waals surface area contributed by atoms with E-state index in [0.29, 0.717) is 6.04 Å². The number of benzene rings is 1. The molecule has 1 aliphatic heterocycles. The normalized spacial score (nSPS) is 20.5. The highest BCUT2D eigenvalue weighted by atomic mass is 16.5. The largest absolute Gasteiger partial charge is 0.497 e. The molecule has 0 aliphatic carbocycles. The monoisotopic (exact) mass is 231 g/mol. The summed E-state index contributed by atoms with van der Waals surface area (Å²) in [6.45, 7) is 8.29. The highest BCUT2D eigenvalue weighted by molar-refractivity contribution is 5.31. The summed E-state index contributed by atoms with van der Waals surface area (Å²) >= 11 is 0. The predicted octanol–water partition coefficient (Wildman–Crippen LogP) is 3.41. The average Bonchev–Trinajstić information content (AvgIpc) is 2.76. The third-order valence-electron chi connectivity index (χ3n) is 3.32. The third kappa shape index (κ3) is 2.89. The molecule has 0 aromatic heterocycles. The van der Waals surface area contributed by atoms with Gasteiger partial charge in [0.15, 0.2) is 0 Å². The van der Waals surface area contributed by atoms with E-state index in [1.165, 1.54) is 30.5 Å². The molecule has 1 atom stereocenters. The van der Waals surface area contributed by atoms with E-state index >= 15 is 0 Å². The third-order valence-corrected chi connectivity index (χ3v) is 3.32. The Bertz CT molecular complexity index is 400. The van der Waals surface area contributed by atoms with Crippen LogP contribution >= 0.6 is 0 Å². The molecule has 1 saturated heterocycles. The van der Waals surface area contributed by atoms with Gasteiger partial charge in [0.1, 0.15) is 5.75 Å². The van der Waals surface area contributed by atoms with Crippen LogP contribution in [0.2, 0.25) is 0 Å². The molecule has 0 amide bonds. The van der Waals surface area contributed by atoms with E-state index in [-0.39, 0.29) is 0 Å². The highest BCUT2D eigenvalue weighted by Crippen LogP contribution is 2.33. The van der Waals surface area contributed by atoms with Crippen LogP contribution < -0.4 is 4.74 Å². The number of methoxy groups -OCH3 is 1. The van der Waals surface area contributed by atoms with Gasteiger partial charge in [-0.2, -0.15) is 0 Å². The van der Waals surface area contributed by atoms with Gasteiger partial charge < -0.3 is 4.74 Å². The minimum absolute atomic E-state index is 0.529. The van der Waals surface area contributed by atoms with Crippen molar-refractivity contribution < 1.29 is 4.74 Å². The second-order valence-corrected chi connectivity index (χ2v) is 4.86. The fourth-order valence-electron chi connectivity index (χ4n) is 2.59. The van der Waals surface area contributed by atoms with Crippen LogP contribution in [0, 0.1) is 0 Å². The molecule has 0 spiro atoms. The van der Waals surface area contributed by atoms with Crippen LogP contribution in [-0.2, 0) is 0 Å². The standard InChI is InChI=1S/C15H21NO/c1-12(2)11-16-9-5-8-15(16)13-6-4-7-14(10-13)17-3/h4,6-7,10,15H,1,5,8-9,11H2,2-3H3. The van der Waals surface area contributed by atoms with Gasteiger partial charge in [-0.3, -0.25) is 4.90 Å². The van der Waals surface area contributed by atoms with Crippen molar-refractivity contribution in [2.45, 2.75) is 25.8 Å². The second kappa shape index (κ2) is 5.37. The molecule has 0 bridgehead atoms. The van der Waals surface area contributed by atoms with Crippen LogP contribution in [-0.4, -0.2) is 25.1 Å². The first-order valence-corrected chi connectivity index (χ1v) is 6.23. The van der Waals surface area contributed by atoms with E-state index in [0.717, 1.165) is 12.3 Å². The predicted molar refractivity (Wildman–Crippen MR) is 71.4 cm³/mol. The maximum absolute atomic E-state index is 5.29. The first-order chi connectivity index (χ1) is 8.20. The molecule has 2 nitrogen and oxygen atoms in total. The Labute approximate surface area is 104 Å². The van der Waals surface area contributed by atoms with Crippen LogP contribution in [0.15, 0.2) is 36.4 Å². The Morgan fingerprint density at radius 3 is 3.06 bits per heavy atom. The van der Waals surface area contributed by atoms with E-state index in [1.54, 1.807) is 7.11 Å². The summed E-state index contributed by atoms with van der Waals surface area (Å²) in [5, 5.41) is 0. The number of hydrogen-bond donors (Lipinski definition) is 0. The lowest BCUT2D eigenvalue weighted by Gasteiger charge is -2.25. The average molecular weight is 231 g/mol. The van der Waals surface area contributed by atoms with Crippen molar-refractivity contribution in [3.63, 3.8) is 0 Å². The molecular formula is C15H21NO. The van der Waals surface area contributed by atoms with Crippen molar-refractivity contribution in [2.75, 3.05) is 20.2 Å². The first kappa shape index (κ1) is 12.2. The van der Waals surface area contributed by atoms with E-state index in [4.69, 9.17) is 4.74 Å². The molecule has 1 heterocycles. The lowest BCUT2D eigenvalue weighted by atomic mass is 10.0. The molecule has 0 N–H and O–H groups in total. The molecule has 1 fully saturated rings. The molecule has 1 aromatic carbocycles. The summed E-state index contributed by atoms with van der Waals surface area (Å²) in [4.78, 5) is 2.51. The summed E-state index contributed by atoms with van der Waals surface area (Å²) < 4.78 is 5.29. The minimum atomic E-state index is 0.529. The van der Waals surface area contributed by atoms with E-state index < -0.39 is 0 Å². The van der Waals surface area contributed by atoms with Gasteiger partial charge in [-0.15, -0.1) is 0 Å². The van der Waals surface area contributed by atoms with Gasteiger partial charge in [-0.05, 0) is 44.0 Å². The Balaban J connectivity index is 2.16. The zero-order chi connectivity index (χ0) is 12.3. The Kier molecular flexibility index (Phi) is 3.85. The zero-order valence-electron chi connectivity index (χ0n) is 10.8. The molecule has 2 rings (SSSR count). The van der Waals surface area contributed by atoms with Crippen LogP contribution in [0.1, 0.15) is 31.4 Å². The van der Waals surface area contributed by atoms with Gasteiger partial charge in [0.05, 0.1) is 7.11 Å². The van der Waals surface area contributed by atoms with Gasteiger partial charge in [-0.25, -0.2) is 0 Å². The maximum Gasteiger partial charge on any atom is 0.119 e. The van der Waals surface area contributed by atoms with Gasteiger partial charge in [0.25, 0.3) is 0 Å². The van der Waals surface area contributed by atoms with Gasteiger partial charge in [-0.1, -0.05) is 24.3 Å². The van der Waals surface area contributed by atoms with Gasteiger partial charge in [0, 0.05) is 12.6 Å². The quantitative estimate of drug-likeness (QED) is 0.736.